The Morgan fingerprint density at radius 3 is 1.88 bits per heavy atom. The number of hydrogen-bond acceptors (Lipinski definition) is 5. The second-order valence-electron chi connectivity index (χ2n) is 17.8. The maximum atomic E-state index is 12.9. The number of aromatic hydroxyl groups is 2. The van der Waals surface area contributed by atoms with E-state index in [4.69, 9.17) is 23.2 Å². The highest BCUT2D eigenvalue weighted by molar-refractivity contribution is 6.33. The van der Waals surface area contributed by atoms with Gasteiger partial charge in [-0.2, -0.15) is 0 Å². The predicted molar refractivity (Wildman–Crippen MR) is 200 cm³/mol. The molecule has 6 rings (SSSR count). The quantitative estimate of drug-likeness (QED) is 0.163. The lowest BCUT2D eigenvalue weighted by molar-refractivity contribution is -0.155. The summed E-state index contributed by atoms with van der Waals surface area (Å²) in [6.45, 7) is 12.2. The Kier molecular flexibility index (Phi) is 10.5. The lowest BCUT2D eigenvalue weighted by Crippen LogP contribution is -2.57. The summed E-state index contributed by atoms with van der Waals surface area (Å²) < 4.78 is 0. The van der Waals surface area contributed by atoms with Gasteiger partial charge in [0.15, 0.2) is 0 Å². The highest BCUT2D eigenvalue weighted by Crippen LogP contribution is 2.69. The fourth-order valence-corrected chi connectivity index (χ4v) is 12.7. The number of benzene rings is 2. The van der Waals surface area contributed by atoms with Crippen LogP contribution < -0.4 is 0 Å². The van der Waals surface area contributed by atoms with Gasteiger partial charge in [-0.15, -0.1) is 0 Å². The predicted octanol–water partition coefficient (Wildman–Crippen LogP) is 10.8. The second kappa shape index (κ2) is 14.1. The molecule has 9 atom stereocenters. The van der Waals surface area contributed by atoms with E-state index in [1.165, 1.54) is 69.2 Å². The van der Waals surface area contributed by atoms with E-state index in [9.17, 15) is 35.1 Å². The van der Waals surface area contributed by atoms with Gasteiger partial charge < -0.3 is 25.5 Å². The van der Waals surface area contributed by atoms with E-state index in [1.54, 1.807) is 0 Å². The van der Waals surface area contributed by atoms with E-state index < -0.39 is 46.1 Å². The molecule has 0 saturated heterocycles. The van der Waals surface area contributed by atoms with Crippen molar-refractivity contribution < 1.29 is 35.1 Å². The maximum Gasteiger partial charge on any atom is 0.339 e. The van der Waals surface area contributed by atoms with E-state index in [0.29, 0.717) is 41.2 Å². The van der Waals surface area contributed by atoms with Gasteiger partial charge >= 0.3 is 11.9 Å². The fraction of sp³-hybridized carbons (Fsp3) is 0.667. The van der Waals surface area contributed by atoms with Crippen LogP contribution in [0.2, 0.25) is 10.0 Å². The molecule has 4 saturated carbocycles. The Morgan fingerprint density at radius 2 is 1.33 bits per heavy atom. The van der Waals surface area contributed by atoms with E-state index >= 15 is 0 Å². The molecule has 0 aliphatic heterocycles. The number of aromatic carboxylic acids is 2. The molecule has 2 aromatic rings. The van der Waals surface area contributed by atoms with Gasteiger partial charge in [0.1, 0.15) is 22.6 Å². The first-order valence-corrected chi connectivity index (χ1v) is 19.9. The molecule has 280 valence electrons. The Labute approximate surface area is 312 Å². The first-order valence-electron chi connectivity index (χ1n) is 19.1. The van der Waals surface area contributed by atoms with Crippen LogP contribution >= 0.6 is 23.2 Å². The summed E-state index contributed by atoms with van der Waals surface area (Å²) in [4.78, 5) is 24.3. The van der Waals surface area contributed by atoms with Gasteiger partial charge in [-0.05, 0) is 145 Å². The van der Waals surface area contributed by atoms with Crippen molar-refractivity contribution >= 4 is 35.1 Å². The Bertz CT molecular complexity index is 1610. The normalized spacial score (nSPS) is 33.8. The number of phenols is 2. The summed E-state index contributed by atoms with van der Waals surface area (Å²) in [7, 11) is 0. The van der Waals surface area contributed by atoms with Crippen LogP contribution in [0.25, 0.3) is 0 Å². The molecule has 5 unspecified atom stereocenters. The number of fused-ring (bicyclic) bond motifs is 5. The lowest BCUT2D eigenvalue weighted by atomic mass is 9.43. The molecule has 0 heterocycles. The Balaban J connectivity index is 1.31. The van der Waals surface area contributed by atoms with Crippen molar-refractivity contribution in [3.8, 4) is 11.5 Å². The maximum absolute atomic E-state index is 12.9. The molecule has 5 N–H and O–H groups in total. The molecular weight excluding hydrogens is 687 g/mol. The zero-order chi connectivity index (χ0) is 37.2. The van der Waals surface area contributed by atoms with Gasteiger partial charge in [-0.25, -0.2) is 9.59 Å². The smallest absolute Gasteiger partial charge is 0.339 e. The number of carboxylic acids is 2. The molecule has 51 heavy (non-hydrogen) atoms. The van der Waals surface area contributed by atoms with Crippen LogP contribution in [0.15, 0.2) is 24.3 Å². The number of halogens is 2. The zero-order valence-corrected chi connectivity index (χ0v) is 32.2. The molecule has 9 heteroatoms. The molecule has 4 fully saturated rings. The third-order valence-electron chi connectivity index (χ3n) is 14.8. The molecule has 4 aliphatic rings. The topological polar surface area (TPSA) is 135 Å². The molecule has 0 amide bonds. The van der Waals surface area contributed by atoms with Crippen molar-refractivity contribution in [3.05, 3.63) is 56.6 Å². The van der Waals surface area contributed by atoms with Gasteiger partial charge in [0.25, 0.3) is 0 Å². The van der Waals surface area contributed by atoms with Crippen LogP contribution in [0.1, 0.15) is 149 Å². The standard InChI is InChI=1S/C42H56Cl2O7/c1-22(2)7-6-8-23(3)30-11-12-31-27-10-9-26-21-42(51,16-15-40(26,4)32(27)13-14-41(30,31)5)35(24-17-28(38(47)48)36(45)33(43)19-24)25-18-29(39(49)50)37(46)34(44)20-25/h17-20,22-23,26-27,30-32,35,45-46,51H,6-16,21H2,1-5H3,(H,47,48)(H,49,50)/t23-,26?,27?,30?,31?,32?,40+,41-,42-/m1/s1. The highest BCUT2D eigenvalue weighted by atomic mass is 35.5. The van der Waals surface area contributed by atoms with Crippen LogP contribution in [0.3, 0.4) is 0 Å². The Hall–Kier alpha value is -2.48. The zero-order valence-electron chi connectivity index (χ0n) is 30.7. The summed E-state index contributed by atoms with van der Waals surface area (Å²) in [6.07, 6.45) is 12.8. The molecular formula is C42H56Cl2O7. The summed E-state index contributed by atoms with van der Waals surface area (Å²) >= 11 is 12.8. The van der Waals surface area contributed by atoms with Gasteiger partial charge in [0.2, 0.25) is 0 Å². The van der Waals surface area contributed by atoms with E-state index in [1.807, 2.05) is 0 Å². The number of aliphatic hydroxyl groups is 1. The molecule has 4 aliphatic carbocycles. The second-order valence-corrected chi connectivity index (χ2v) is 18.7. The van der Waals surface area contributed by atoms with Gasteiger partial charge in [-0.1, -0.05) is 77.1 Å². The molecule has 0 aromatic heterocycles. The average molecular weight is 744 g/mol. The third kappa shape index (κ3) is 6.67. The van der Waals surface area contributed by atoms with E-state index in [2.05, 4.69) is 34.6 Å². The molecule has 0 spiro atoms. The van der Waals surface area contributed by atoms with Crippen molar-refractivity contribution in [2.75, 3.05) is 0 Å². The average Bonchev–Trinajstić information content (AvgIpc) is 3.41. The van der Waals surface area contributed by atoms with Crippen LogP contribution in [0.5, 0.6) is 11.5 Å². The minimum Gasteiger partial charge on any atom is -0.505 e. The summed E-state index contributed by atoms with van der Waals surface area (Å²) in [5.74, 6) is -0.401. The molecule has 0 radical (unpaired) electrons. The minimum atomic E-state index is -1.41. The monoisotopic (exact) mass is 742 g/mol. The van der Waals surface area contributed by atoms with Crippen molar-refractivity contribution in [1.82, 2.24) is 0 Å². The number of hydrogen-bond donors (Lipinski definition) is 5. The first kappa shape index (κ1) is 38.3. The largest absolute Gasteiger partial charge is 0.505 e. The van der Waals surface area contributed by atoms with Gasteiger partial charge in [0.05, 0.1) is 15.6 Å². The van der Waals surface area contributed by atoms with Crippen LogP contribution in [-0.4, -0.2) is 43.1 Å². The van der Waals surface area contributed by atoms with Crippen LogP contribution in [0.4, 0.5) is 0 Å². The van der Waals surface area contributed by atoms with Crippen molar-refractivity contribution in [1.29, 1.82) is 0 Å². The summed E-state index contributed by atoms with van der Waals surface area (Å²) in [6, 6.07) is 5.50. The Morgan fingerprint density at radius 1 is 0.765 bits per heavy atom. The highest BCUT2D eigenvalue weighted by Gasteiger charge is 2.62. The number of carboxylic acid groups (broad SMARTS) is 2. The molecule has 7 nitrogen and oxygen atoms in total. The SMILES string of the molecule is CC(C)CCC[C@@H](C)C1CCC2C3CCC4C[C@@](O)(C(c5cc(Cl)c(O)c(C(=O)O)c5)c5cc(Cl)c(O)c(C(=O)O)c5)CC[C@]4(C)C3CC[C@@]21C. The van der Waals surface area contributed by atoms with Crippen LogP contribution in [-0.2, 0) is 0 Å². The summed E-state index contributed by atoms with van der Waals surface area (Å²) in [5.41, 5.74) is -1.16. The van der Waals surface area contributed by atoms with Gasteiger partial charge in [-0.3, -0.25) is 0 Å². The molecule has 0 bridgehead atoms. The van der Waals surface area contributed by atoms with E-state index in [0.717, 1.165) is 42.9 Å². The third-order valence-corrected chi connectivity index (χ3v) is 15.4. The van der Waals surface area contributed by atoms with E-state index in [-0.39, 0.29) is 21.4 Å². The van der Waals surface area contributed by atoms with Crippen molar-refractivity contribution in [3.63, 3.8) is 0 Å². The minimum absolute atomic E-state index is 0.0274. The van der Waals surface area contributed by atoms with Crippen molar-refractivity contribution in [2.45, 2.75) is 123 Å². The van der Waals surface area contributed by atoms with Gasteiger partial charge in [0, 0.05) is 5.92 Å². The van der Waals surface area contributed by atoms with Crippen molar-refractivity contribution in [2.24, 2.45) is 52.3 Å². The number of carbonyl (C=O) groups is 2. The van der Waals surface area contributed by atoms with Crippen LogP contribution in [0, 0.1) is 52.3 Å². The first-order chi connectivity index (χ1) is 23.9. The lowest BCUT2D eigenvalue weighted by Gasteiger charge is -2.63. The number of rotatable bonds is 10. The molecule has 2 aromatic carbocycles. The summed E-state index contributed by atoms with van der Waals surface area (Å²) in [5, 5.41) is 53.3. The fourth-order valence-electron chi connectivity index (χ4n) is 12.3.